The molecule has 1 N–H and O–H groups in total. The number of pyridine rings is 1. The van der Waals surface area contributed by atoms with Gasteiger partial charge in [-0.25, -0.2) is 14.5 Å². The lowest BCUT2D eigenvalue weighted by molar-refractivity contribution is 0.0987. The van der Waals surface area contributed by atoms with Crippen molar-refractivity contribution >= 4 is 41.8 Å². The summed E-state index contributed by atoms with van der Waals surface area (Å²) in [6.45, 7) is 8.91. The van der Waals surface area contributed by atoms with Crippen LogP contribution < -0.4 is 0 Å². The Hall–Kier alpha value is -1.77. The lowest BCUT2D eigenvalue weighted by Gasteiger charge is -2.20. The first-order valence-corrected chi connectivity index (χ1v) is 13.2. The number of halogens is 1. The van der Waals surface area contributed by atoms with Gasteiger partial charge in [0.2, 0.25) is 0 Å². The van der Waals surface area contributed by atoms with Gasteiger partial charge in [0.05, 0.1) is 0 Å². The highest BCUT2D eigenvalue weighted by Crippen LogP contribution is 2.23. The van der Waals surface area contributed by atoms with E-state index in [4.69, 9.17) is 0 Å². The molecule has 0 aliphatic carbocycles. The largest absolute Gasteiger partial charge is 0.373 e. The van der Waals surface area contributed by atoms with Crippen LogP contribution in [0.25, 0.3) is 17.8 Å². The van der Waals surface area contributed by atoms with Gasteiger partial charge < -0.3 is 9.67 Å². The molecule has 0 aliphatic heterocycles. The van der Waals surface area contributed by atoms with Crippen LogP contribution in [-0.4, -0.2) is 37.3 Å². The van der Waals surface area contributed by atoms with Crippen LogP contribution in [0.2, 0.25) is 25.7 Å². The lowest BCUT2D eigenvalue weighted by atomic mass is 10.4. The number of aromatic nitrogens is 5. The predicted octanol–water partition coefficient (Wildman–Crippen LogP) is 4.39. The first kappa shape index (κ1) is 19.0. The zero-order valence-corrected chi connectivity index (χ0v) is 18.1. The third-order valence-electron chi connectivity index (χ3n) is 4.15. The van der Waals surface area contributed by atoms with Gasteiger partial charge in [0.1, 0.15) is 16.7 Å². The summed E-state index contributed by atoms with van der Waals surface area (Å²) in [6.07, 6.45) is 5.62. The smallest absolute Gasteiger partial charge is 0.175 e. The Labute approximate surface area is 162 Å². The van der Waals surface area contributed by atoms with Gasteiger partial charge in [-0.05, 0) is 53.6 Å². The number of imidazole rings is 1. The van der Waals surface area contributed by atoms with E-state index in [0.29, 0.717) is 16.3 Å². The van der Waals surface area contributed by atoms with E-state index in [1.165, 1.54) is 0 Å². The molecule has 26 heavy (non-hydrogen) atoms. The normalized spacial score (nSPS) is 13.8. The van der Waals surface area contributed by atoms with Gasteiger partial charge in [-0.2, -0.15) is 0 Å². The Morgan fingerprint density at radius 1 is 1.23 bits per heavy atom. The molecule has 0 saturated heterocycles. The summed E-state index contributed by atoms with van der Waals surface area (Å²) in [5.41, 5.74) is 1.84. The van der Waals surface area contributed by atoms with E-state index >= 15 is 0 Å². The number of aliphatic hydroxyl groups excluding tert-OH is 1. The van der Waals surface area contributed by atoms with Crippen LogP contribution in [0.1, 0.15) is 30.0 Å². The van der Waals surface area contributed by atoms with Gasteiger partial charge in [-0.3, -0.25) is 0 Å². The zero-order valence-electron chi connectivity index (χ0n) is 15.5. The second-order valence-corrected chi connectivity index (χ2v) is 14.1. The molecule has 0 fully saturated rings. The lowest BCUT2D eigenvalue weighted by Crippen LogP contribution is -2.21. The third-order valence-corrected chi connectivity index (χ3v) is 6.32. The van der Waals surface area contributed by atoms with Gasteiger partial charge in [0.15, 0.2) is 11.5 Å². The number of hydrogen-bond acceptors (Lipinski definition) is 4. The van der Waals surface area contributed by atoms with E-state index in [2.05, 4.69) is 50.6 Å². The molecule has 3 heterocycles. The fourth-order valence-corrected chi connectivity index (χ4v) is 4.24. The summed E-state index contributed by atoms with van der Waals surface area (Å²) >= 11 is 3.40. The Balaban J connectivity index is 1.82. The van der Waals surface area contributed by atoms with E-state index in [1.54, 1.807) is 4.57 Å². The van der Waals surface area contributed by atoms with Crippen molar-refractivity contribution in [3.8, 4) is 0 Å². The molecular weight excluding hydrogens is 410 g/mol. The second-order valence-electron chi connectivity index (χ2n) is 7.65. The third kappa shape index (κ3) is 4.49. The highest BCUT2D eigenvalue weighted by atomic mass is 79.9. The minimum atomic E-state index is -1.21. The fourth-order valence-electron chi connectivity index (χ4n) is 2.71. The highest BCUT2D eigenvalue weighted by molar-refractivity contribution is 9.10. The van der Waals surface area contributed by atoms with Crippen molar-refractivity contribution in [2.75, 3.05) is 0 Å². The molecule has 6 nitrogen and oxygen atoms in total. The minimum absolute atomic E-state index is 0.587. The topological polar surface area (TPSA) is 68.2 Å². The maximum atomic E-state index is 10.6. The summed E-state index contributed by atoms with van der Waals surface area (Å²) in [7, 11) is -1.21. The van der Waals surface area contributed by atoms with Crippen molar-refractivity contribution in [2.45, 2.75) is 45.3 Å². The first-order chi connectivity index (χ1) is 12.2. The van der Waals surface area contributed by atoms with E-state index in [9.17, 15) is 5.11 Å². The van der Waals surface area contributed by atoms with Crippen molar-refractivity contribution in [3.63, 3.8) is 0 Å². The maximum Gasteiger partial charge on any atom is 0.175 e. The SMILES string of the molecule is Cc1cccc2nc(C=Cc3nc(Br)cn3C(O)CC[Si](C)(C)C)nn12. The molecule has 0 radical (unpaired) electrons. The zero-order chi connectivity index (χ0) is 18.9. The van der Waals surface area contributed by atoms with E-state index in [1.807, 2.05) is 48.0 Å². The number of aryl methyl sites for hydroxylation is 1. The molecule has 3 aromatic heterocycles. The van der Waals surface area contributed by atoms with Gasteiger partial charge in [-0.1, -0.05) is 31.8 Å². The van der Waals surface area contributed by atoms with E-state index in [0.717, 1.165) is 23.8 Å². The molecule has 1 unspecified atom stereocenters. The molecule has 0 amide bonds. The number of nitrogens with zero attached hydrogens (tertiary/aromatic N) is 5. The number of hydrogen-bond donors (Lipinski definition) is 1. The summed E-state index contributed by atoms with van der Waals surface area (Å²) < 4.78 is 4.30. The minimum Gasteiger partial charge on any atom is -0.373 e. The average molecular weight is 434 g/mol. The summed E-state index contributed by atoms with van der Waals surface area (Å²) in [6, 6.07) is 6.94. The van der Waals surface area contributed by atoms with Crippen molar-refractivity contribution in [1.82, 2.24) is 24.1 Å². The molecule has 8 heteroatoms. The van der Waals surface area contributed by atoms with Crippen molar-refractivity contribution < 1.29 is 5.11 Å². The second kappa shape index (κ2) is 7.46. The quantitative estimate of drug-likeness (QED) is 0.585. The number of fused-ring (bicyclic) bond motifs is 1. The Morgan fingerprint density at radius 2 is 2.00 bits per heavy atom. The van der Waals surface area contributed by atoms with Gasteiger partial charge in [0, 0.05) is 20.0 Å². The number of aliphatic hydroxyl groups is 1. The van der Waals surface area contributed by atoms with Crippen LogP contribution in [0.3, 0.4) is 0 Å². The molecule has 0 aromatic carbocycles. The summed E-state index contributed by atoms with van der Waals surface area (Å²) in [5, 5.41) is 15.1. The van der Waals surface area contributed by atoms with Crippen LogP contribution in [0.4, 0.5) is 0 Å². The Bertz CT molecular complexity index is 941. The standard InChI is InChI=1S/C18H24BrN5OSi/c1-13-6-5-7-17-21-15(22-24(13)17)8-9-16-20-14(19)12-23(16)18(25)10-11-26(2,3)4/h5-9,12,18,25H,10-11H2,1-4H3. The van der Waals surface area contributed by atoms with Crippen LogP contribution in [0.5, 0.6) is 0 Å². The van der Waals surface area contributed by atoms with Crippen LogP contribution in [0.15, 0.2) is 29.0 Å². The van der Waals surface area contributed by atoms with Crippen molar-refractivity contribution in [1.29, 1.82) is 0 Å². The fraction of sp³-hybridized carbons (Fsp3) is 0.389. The molecule has 0 saturated carbocycles. The monoisotopic (exact) mass is 433 g/mol. The Morgan fingerprint density at radius 3 is 2.69 bits per heavy atom. The average Bonchev–Trinajstić information content (AvgIpc) is 3.14. The van der Waals surface area contributed by atoms with Crippen LogP contribution >= 0.6 is 15.9 Å². The molecule has 3 aromatic rings. The molecular formula is C18H24BrN5OSi. The molecule has 3 rings (SSSR count). The Kier molecular flexibility index (Phi) is 5.45. The predicted molar refractivity (Wildman–Crippen MR) is 111 cm³/mol. The summed E-state index contributed by atoms with van der Waals surface area (Å²) in [4.78, 5) is 8.94. The van der Waals surface area contributed by atoms with E-state index < -0.39 is 14.3 Å². The molecule has 0 bridgehead atoms. The van der Waals surface area contributed by atoms with Crippen molar-refractivity contribution in [2.24, 2.45) is 0 Å². The van der Waals surface area contributed by atoms with Gasteiger partial charge in [0.25, 0.3) is 0 Å². The molecule has 1 atom stereocenters. The first-order valence-electron chi connectivity index (χ1n) is 8.66. The highest BCUT2D eigenvalue weighted by Gasteiger charge is 2.18. The molecule has 0 aliphatic rings. The maximum absolute atomic E-state index is 10.6. The summed E-state index contributed by atoms with van der Waals surface area (Å²) in [5.74, 6) is 1.29. The van der Waals surface area contributed by atoms with Gasteiger partial charge >= 0.3 is 0 Å². The van der Waals surface area contributed by atoms with Gasteiger partial charge in [-0.15, -0.1) is 5.10 Å². The van der Waals surface area contributed by atoms with Crippen LogP contribution in [-0.2, 0) is 0 Å². The molecule has 138 valence electrons. The number of rotatable bonds is 6. The van der Waals surface area contributed by atoms with E-state index in [-0.39, 0.29) is 0 Å². The van der Waals surface area contributed by atoms with Crippen LogP contribution in [0, 0.1) is 6.92 Å². The van der Waals surface area contributed by atoms with Crippen molar-refractivity contribution in [3.05, 3.63) is 46.3 Å². The molecule has 0 spiro atoms.